The summed E-state index contributed by atoms with van der Waals surface area (Å²) in [5.41, 5.74) is 0.896. The Hall–Kier alpha value is -1.62. The van der Waals surface area contributed by atoms with Gasteiger partial charge in [-0.2, -0.15) is 0 Å². The third-order valence-corrected chi connectivity index (χ3v) is 3.28. The van der Waals surface area contributed by atoms with E-state index >= 15 is 0 Å². The van der Waals surface area contributed by atoms with Crippen LogP contribution in [0.15, 0.2) is 34.9 Å². The fraction of sp³-hybridized carbons (Fsp3) is 0.286. The van der Waals surface area contributed by atoms with Crippen LogP contribution >= 0.6 is 15.9 Å². The molecule has 0 spiro atoms. The predicted octanol–water partition coefficient (Wildman–Crippen LogP) is 4.28. The standard InChI is InChI=1S/C14H15BrN2O2/c1-14(2,3)17(13(18)19)12-6-7-16-11-8-9(15)4-5-10(11)12/h4-8H,1-3H3,(H,18,19). The first-order valence-corrected chi connectivity index (χ1v) is 6.67. The lowest BCUT2D eigenvalue weighted by Crippen LogP contribution is -2.45. The second-order valence-corrected chi connectivity index (χ2v) is 6.20. The number of aromatic nitrogens is 1. The number of carbonyl (C=O) groups is 1. The summed E-state index contributed by atoms with van der Waals surface area (Å²) in [6.45, 7) is 5.60. The summed E-state index contributed by atoms with van der Waals surface area (Å²) in [7, 11) is 0. The summed E-state index contributed by atoms with van der Waals surface area (Å²) in [6, 6.07) is 7.37. The molecule has 19 heavy (non-hydrogen) atoms. The van der Waals surface area contributed by atoms with Crippen LogP contribution in [0.25, 0.3) is 10.9 Å². The minimum Gasteiger partial charge on any atom is -0.465 e. The number of anilines is 1. The van der Waals surface area contributed by atoms with Crippen LogP contribution in [0.2, 0.25) is 0 Å². The fourth-order valence-corrected chi connectivity index (χ4v) is 2.40. The molecule has 0 saturated carbocycles. The highest BCUT2D eigenvalue weighted by Crippen LogP contribution is 2.31. The zero-order valence-electron chi connectivity index (χ0n) is 11.0. The molecule has 1 amide bonds. The Morgan fingerprint density at radius 1 is 1.32 bits per heavy atom. The van der Waals surface area contributed by atoms with Crippen LogP contribution in [0.1, 0.15) is 20.8 Å². The van der Waals surface area contributed by atoms with Crippen molar-refractivity contribution in [1.29, 1.82) is 0 Å². The topological polar surface area (TPSA) is 53.4 Å². The fourth-order valence-electron chi connectivity index (χ4n) is 2.05. The van der Waals surface area contributed by atoms with Crippen LogP contribution in [0.5, 0.6) is 0 Å². The number of halogens is 1. The Kier molecular flexibility index (Phi) is 3.49. The van der Waals surface area contributed by atoms with Crippen molar-refractivity contribution in [2.24, 2.45) is 0 Å². The second kappa shape index (κ2) is 4.81. The minimum absolute atomic E-state index is 0.521. The Balaban J connectivity index is 2.70. The zero-order chi connectivity index (χ0) is 14.2. The summed E-state index contributed by atoms with van der Waals surface area (Å²) in [6.07, 6.45) is 0.661. The first kappa shape index (κ1) is 13.8. The Labute approximate surface area is 120 Å². The first-order valence-electron chi connectivity index (χ1n) is 5.88. The smallest absolute Gasteiger partial charge is 0.412 e. The summed E-state index contributed by atoms with van der Waals surface area (Å²) < 4.78 is 0.919. The molecule has 0 aliphatic rings. The molecule has 100 valence electrons. The highest BCUT2D eigenvalue weighted by Gasteiger charge is 2.29. The summed E-state index contributed by atoms with van der Waals surface area (Å²) in [4.78, 5) is 17.2. The molecule has 2 aromatic rings. The van der Waals surface area contributed by atoms with Crippen molar-refractivity contribution in [3.05, 3.63) is 34.9 Å². The van der Waals surface area contributed by atoms with Gasteiger partial charge in [0, 0.05) is 21.6 Å². The second-order valence-electron chi connectivity index (χ2n) is 5.28. The zero-order valence-corrected chi connectivity index (χ0v) is 12.6. The van der Waals surface area contributed by atoms with E-state index in [0.717, 1.165) is 15.4 Å². The predicted molar refractivity (Wildman–Crippen MR) is 79.7 cm³/mol. The Morgan fingerprint density at radius 3 is 2.58 bits per heavy atom. The molecule has 4 nitrogen and oxygen atoms in total. The van der Waals surface area contributed by atoms with E-state index in [0.29, 0.717) is 5.69 Å². The van der Waals surface area contributed by atoms with Crippen LogP contribution in [-0.2, 0) is 0 Å². The summed E-state index contributed by atoms with van der Waals surface area (Å²) in [5.74, 6) is 0. The van der Waals surface area contributed by atoms with Gasteiger partial charge >= 0.3 is 6.09 Å². The van der Waals surface area contributed by atoms with Crippen LogP contribution in [0, 0.1) is 0 Å². The lowest BCUT2D eigenvalue weighted by molar-refractivity contribution is 0.196. The van der Waals surface area contributed by atoms with Gasteiger partial charge < -0.3 is 5.11 Å². The van der Waals surface area contributed by atoms with E-state index in [1.165, 1.54) is 4.90 Å². The van der Waals surface area contributed by atoms with Crippen molar-refractivity contribution in [2.45, 2.75) is 26.3 Å². The van der Waals surface area contributed by atoms with Crippen molar-refractivity contribution in [1.82, 2.24) is 4.98 Å². The van der Waals surface area contributed by atoms with Crippen LogP contribution in [-0.4, -0.2) is 21.7 Å². The molecule has 1 aromatic heterocycles. The lowest BCUT2D eigenvalue weighted by Gasteiger charge is -2.33. The number of rotatable bonds is 1. The molecule has 0 aliphatic heterocycles. The maximum Gasteiger partial charge on any atom is 0.412 e. The van der Waals surface area contributed by atoms with Gasteiger partial charge in [-0.1, -0.05) is 15.9 Å². The van der Waals surface area contributed by atoms with E-state index < -0.39 is 11.6 Å². The van der Waals surface area contributed by atoms with Crippen LogP contribution in [0.3, 0.4) is 0 Å². The van der Waals surface area contributed by atoms with Crippen molar-refractivity contribution in [3.63, 3.8) is 0 Å². The maximum absolute atomic E-state index is 11.6. The largest absolute Gasteiger partial charge is 0.465 e. The number of amides is 1. The van der Waals surface area contributed by atoms with Gasteiger partial charge in [0.15, 0.2) is 0 Å². The molecule has 2 rings (SSSR count). The van der Waals surface area contributed by atoms with Gasteiger partial charge in [-0.15, -0.1) is 0 Å². The van der Waals surface area contributed by atoms with Gasteiger partial charge in [-0.05, 0) is 45.0 Å². The molecule has 0 aliphatic carbocycles. The molecule has 0 unspecified atom stereocenters. The molecule has 1 aromatic carbocycles. The number of pyridine rings is 1. The molecular weight excluding hydrogens is 308 g/mol. The van der Waals surface area contributed by atoms with E-state index in [9.17, 15) is 9.90 Å². The Bertz CT molecular complexity index is 635. The van der Waals surface area contributed by atoms with Gasteiger partial charge in [0.05, 0.1) is 11.2 Å². The normalized spacial score (nSPS) is 11.6. The van der Waals surface area contributed by atoms with E-state index in [1.54, 1.807) is 12.3 Å². The molecule has 0 saturated heterocycles. The first-order chi connectivity index (χ1) is 8.80. The number of hydrogen-bond acceptors (Lipinski definition) is 2. The SMILES string of the molecule is CC(C)(C)N(C(=O)O)c1ccnc2cc(Br)ccc12. The van der Waals surface area contributed by atoms with Gasteiger partial charge in [-0.3, -0.25) is 9.88 Å². The average molecular weight is 323 g/mol. The monoisotopic (exact) mass is 322 g/mol. The maximum atomic E-state index is 11.6. The average Bonchev–Trinajstić information content (AvgIpc) is 2.26. The van der Waals surface area contributed by atoms with Gasteiger partial charge in [-0.25, -0.2) is 4.79 Å². The van der Waals surface area contributed by atoms with E-state index in [-0.39, 0.29) is 0 Å². The third kappa shape index (κ3) is 2.71. The molecule has 0 atom stereocenters. The number of benzene rings is 1. The van der Waals surface area contributed by atoms with E-state index in [2.05, 4.69) is 20.9 Å². The molecule has 1 heterocycles. The van der Waals surface area contributed by atoms with E-state index in [4.69, 9.17) is 0 Å². The molecule has 0 radical (unpaired) electrons. The Morgan fingerprint density at radius 2 is 2.00 bits per heavy atom. The van der Waals surface area contributed by atoms with Gasteiger partial charge in [0.1, 0.15) is 0 Å². The minimum atomic E-state index is -0.970. The van der Waals surface area contributed by atoms with Crippen molar-refractivity contribution >= 4 is 38.6 Å². The van der Waals surface area contributed by atoms with Crippen molar-refractivity contribution < 1.29 is 9.90 Å². The van der Waals surface area contributed by atoms with Gasteiger partial charge in [0.25, 0.3) is 0 Å². The molecule has 0 fully saturated rings. The highest BCUT2D eigenvalue weighted by atomic mass is 79.9. The quantitative estimate of drug-likeness (QED) is 0.852. The van der Waals surface area contributed by atoms with E-state index in [1.807, 2.05) is 39.0 Å². The molecular formula is C14H15BrN2O2. The van der Waals surface area contributed by atoms with Crippen molar-refractivity contribution in [3.8, 4) is 0 Å². The molecule has 1 N–H and O–H groups in total. The lowest BCUT2D eigenvalue weighted by atomic mass is 10.0. The molecule has 5 heteroatoms. The number of nitrogens with zero attached hydrogens (tertiary/aromatic N) is 2. The molecule has 0 bridgehead atoms. The number of fused-ring (bicyclic) bond motifs is 1. The number of hydrogen-bond donors (Lipinski definition) is 1. The number of carboxylic acid groups (broad SMARTS) is 1. The van der Waals surface area contributed by atoms with Crippen molar-refractivity contribution in [2.75, 3.05) is 4.90 Å². The summed E-state index contributed by atoms with van der Waals surface area (Å²) >= 11 is 3.39. The van der Waals surface area contributed by atoms with Gasteiger partial charge in [0.2, 0.25) is 0 Å². The third-order valence-electron chi connectivity index (χ3n) is 2.78. The van der Waals surface area contributed by atoms with Crippen LogP contribution < -0.4 is 4.90 Å². The summed E-state index contributed by atoms with van der Waals surface area (Å²) in [5, 5.41) is 10.3. The van der Waals surface area contributed by atoms with Crippen LogP contribution in [0.4, 0.5) is 10.5 Å². The highest BCUT2D eigenvalue weighted by molar-refractivity contribution is 9.10.